The van der Waals surface area contributed by atoms with Gasteiger partial charge in [0.05, 0.1) is 10.0 Å². The van der Waals surface area contributed by atoms with E-state index in [-0.39, 0.29) is 41.2 Å². The smallest absolute Gasteiger partial charge is 0.320 e. The number of hydrogen-bond donors (Lipinski definition) is 3. The van der Waals surface area contributed by atoms with Crippen molar-refractivity contribution in [2.24, 2.45) is 5.73 Å². The van der Waals surface area contributed by atoms with E-state index in [2.05, 4.69) is 0 Å². The monoisotopic (exact) mass is 478 g/mol. The molecule has 5 N–H and O–H groups in total. The lowest BCUT2D eigenvalue weighted by Gasteiger charge is -2.16. The molecule has 6 nitrogen and oxygen atoms in total. The number of rotatable bonds is 9. The van der Waals surface area contributed by atoms with Crippen LogP contribution in [-0.4, -0.2) is 17.1 Å². The molecule has 168 valence electrons. The maximum atomic E-state index is 13.1. The first-order valence-corrected chi connectivity index (χ1v) is 10.3. The van der Waals surface area contributed by atoms with E-state index in [1.54, 1.807) is 42.5 Å². The number of benzene rings is 3. The van der Waals surface area contributed by atoms with Crippen LogP contribution >= 0.6 is 23.2 Å². The molecule has 0 bridgehead atoms. The Bertz CT molecular complexity index is 1090. The van der Waals surface area contributed by atoms with Gasteiger partial charge in [-0.15, -0.1) is 0 Å². The quantitative estimate of drug-likeness (QED) is 0.380. The summed E-state index contributed by atoms with van der Waals surface area (Å²) in [4.78, 5) is 11.0. The van der Waals surface area contributed by atoms with Crippen LogP contribution in [0.3, 0.4) is 0 Å². The maximum Gasteiger partial charge on any atom is 0.320 e. The number of anilines is 1. The summed E-state index contributed by atoms with van der Waals surface area (Å²) < 4.78 is 24.8. The second kappa shape index (κ2) is 10.5. The average Bonchev–Trinajstić information content (AvgIpc) is 2.73. The van der Waals surface area contributed by atoms with Crippen LogP contribution in [0.4, 0.5) is 10.1 Å². The summed E-state index contributed by atoms with van der Waals surface area (Å²) in [6.07, 6.45) is 0.0750. The normalized spacial score (nSPS) is 11.8. The van der Waals surface area contributed by atoms with E-state index >= 15 is 0 Å². The van der Waals surface area contributed by atoms with Gasteiger partial charge in [-0.25, -0.2) is 4.39 Å². The van der Waals surface area contributed by atoms with Crippen LogP contribution in [-0.2, 0) is 24.4 Å². The highest BCUT2D eigenvalue weighted by Crippen LogP contribution is 2.36. The number of carbonyl (C=O) groups is 1. The molecule has 1 atom stereocenters. The van der Waals surface area contributed by atoms with E-state index in [0.717, 1.165) is 5.56 Å². The minimum Gasteiger partial charge on any atom is -0.488 e. The summed E-state index contributed by atoms with van der Waals surface area (Å²) in [7, 11) is 0. The Morgan fingerprint density at radius 1 is 0.969 bits per heavy atom. The van der Waals surface area contributed by atoms with Crippen molar-refractivity contribution in [2.75, 3.05) is 5.73 Å². The van der Waals surface area contributed by atoms with E-state index in [9.17, 15) is 9.18 Å². The number of hydrogen-bond acceptors (Lipinski definition) is 5. The zero-order chi connectivity index (χ0) is 23.3. The minimum atomic E-state index is -1.12. The van der Waals surface area contributed by atoms with Gasteiger partial charge in [-0.05, 0) is 60.0 Å². The Morgan fingerprint density at radius 3 is 2.25 bits per heavy atom. The predicted molar refractivity (Wildman–Crippen MR) is 122 cm³/mol. The molecule has 3 aromatic rings. The second-order valence-corrected chi connectivity index (χ2v) is 7.92. The van der Waals surface area contributed by atoms with Gasteiger partial charge in [-0.2, -0.15) is 0 Å². The highest BCUT2D eigenvalue weighted by Gasteiger charge is 2.16. The summed E-state index contributed by atoms with van der Waals surface area (Å²) >= 11 is 12.6. The predicted octanol–water partition coefficient (Wildman–Crippen LogP) is 4.83. The fraction of sp³-hybridized carbons (Fsp3) is 0.174. The van der Waals surface area contributed by atoms with Crippen molar-refractivity contribution in [3.05, 3.63) is 87.2 Å². The lowest BCUT2D eigenvalue weighted by Crippen LogP contribution is -2.32. The molecule has 9 heteroatoms. The van der Waals surface area contributed by atoms with Gasteiger partial charge in [0.2, 0.25) is 0 Å². The van der Waals surface area contributed by atoms with Crippen molar-refractivity contribution in [3.63, 3.8) is 0 Å². The molecule has 0 saturated carbocycles. The van der Waals surface area contributed by atoms with Crippen molar-refractivity contribution in [1.82, 2.24) is 0 Å². The summed E-state index contributed by atoms with van der Waals surface area (Å²) in [5.41, 5.74) is 14.0. The molecule has 0 fully saturated rings. The van der Waals surface area contributed by atoms with Gasteiger partial charge in [0.15, 0.2) is 5.75 Å². The summed E-state index contributed by atoms with van der Waals surface area (Å²) in [5.74, 6) is -0.653. The lowest BCUT2D eigenvalue weighted by atomic mass is 10.1. The number of carboxylic acids is 1. The first-order chi connectivity index (χ1) is 15.2. The maximum absolute atomic E-state index is 13.1. The first-order valence-electron chi connectivity index (χ1n) is 9.57. The van der Waals surface area contributed by atoms with E-state index in [0.29, 0.717) is 22.6 Å². The van der Waals surface area contributed by atoms with Gasteiger partial charge in [-0.3, -0.25) is 4.79 Å². The van der Waals surface area contributed by atoms with Gasteiger partial charge < -0.3 is 26.0 Å². The Labute approximate surface area is 194 Å². The van der Waals surface area contributed by atoms with Crippen LogP contribution in [0.1, 0.15) is 16.7 Å². The number of nitrogens with two attached hydrogens (primary N) is 2. The van der Waals surface area contributed by atoms with Crippen LogP contribution in [0.25, 0.3) is 0 Å². The third kappa shape index (κ3) is 6.26. The zero-order valence-electron chi connectivity index (χ0n) is 16.9. The fourth-order valence-corrected chi connectivity index (χ4v) is 3.60. The Hall–Kier alpha value is -3.00. The Kier molecular flexibility index (Phi) is 7.80. The molecule has 0 aliphatic carbocycles. The van der Waals surface area contributed by atoms with Crippen LogP contribution < -0.4 is 20.9 Å². The molecule has 0 spiro atoms. The minimum absolute atomic E-state index is 0.0667. The largest absolute Gasteiger partial charge is 0.488 e. The van der Waals surface area contributed by atoms with Gasteiger partial charge in [0, 0.05) is 11.3 Å². The molecule has 1 unspecified atom stereocenters. The SMILES string of the molecule is Nc1ccc(OCc2ccc(F)cc2)c(COc2c(Cl)cc(CC(N)C(=O)O)cc2Cl)c1. The highest BCUT2D eigenvalue weighted by molar-refractivity contribution is 6.37. The third-order valence-electron chi connectivity index (χ3n) is 4.60. The van der Waals surface area contributed by atoms with Crippen LogP contribution in [0.5, 0.6) is 11.5 Å². The standard InChI is InChI=1S/C23H21Cl2FN2O4/c24-18-7-14(9-20(28)23(29)30)8-19(25)22(18)32-12-15-10-17(27)5-6-21(15)31-11-13-1-3-16(26)4-2-13/h1-8,10,20H,9,11-12,27-28H2,(H,29,30). The molecular formula is C23H21Cl2FN2O4. The van der Waals surface area contributed by atoms with Gasteiger partial charge in [0.1, 0.15) is 30.8 Å². The Morgan fingerprint density at radius 2 is 1.62 bits per heavy atom. The summed E-state index contributed by atoms with van der Waals surface area (Å²) in [6.45, 7) is 0.300. The molecule has 0 radical (unpaired) electrons. The van der Waals surface area contributed by atoms with E-state index in [1.165, 1.54) is 12.1 Å². The number of halogens is 3. The van der Waals surface area contributed by atoms with E-state index < -0.39 is 12.0 Å². The van der Waals surface area contributed by atoms with Crippen molar-refractivity contribution in [3.8, 4) is 11.5 Å². The van der Waals surface area contributed by atoms with Gasteiger partial charge >= 0.3 is 5.97 Å². The van der Waals surface area contributed by atoms with Gasteiger partial charge in [-0.1, -0.05) is 35.3 Å². The zero-order valence-corrected chi connectivity index (χ0v) is 18.4. The number of aliphatic carboxylic acids is 1. The van der Waals surface area contributed by atoms with Crippen molar-refractivity contribution in [1.29, 1.82) is 0 Å². The number of nitrogen functional groups attached to an aromatic ring is 1. The molecule has 3 rings (SSSR count). The molecule has 3 aromatic carbocycles. The van der Waals surface area contributed by atoms with Gasteiger partial charge in [0.25, 0.3) is 0 Å². The molecule has 0 saturated heterocycles. The first kappa shape index (κ1) is 23.7. The van der Waals surface area contributed by atoms with Crippen molar-refractivity contribution < 1.29 is 23.8 Å². The average molecular weight is 479 g/mol. The molecule has 0 aromatic heterocycles. The lowest BCUT2D eigenvalue weighted by molar-refractivity contribution is -0.138. The molecule has 0 amide bonds. The fourth-order valence-electron chi connectivity index (χ4n) is 2.95. The molecule has 32 heavy (non-hydrogen) atoms. The molecular weight excluding hydrogens is 458 g/mol. The van der Waals surface area contributed by atoms with Crippen molar-refractivity contribution in [2.45, 2.75) is 25.7 Å². The molecule has 0 aliphatic heterocycles. The molecule has 0 heterocycles. The molecule has 0 aliphatic rings. The highest BCUT2D eigenvalue weighted by atomic mass is 35.5. The second-order valence-electron chi connectivity index (χ2n) is 7.11. The summed E-state index contributed by atoms with van der Waals surface area (Å²) in [5, 5.41) is 9.42. The Balaban J connectivity index is 1.72. The van der Waals surface area contributed by atoms with E-state index in [4.69, 9.17) is 49.2 Å². The van der Waals surface area contributed by atoms with E-state index in [1.807, 2.05) is 0 Å². The topological polar surface area (TPSA) is 108 Å². The third-order valence-corrected chi connectivity index (χ3v) is 5.16. The number of carboxylic acid groups (broad SMARTS) is 1. The van der Waals surface area contributed by atoms with Crippen LogP contribution in [0.2, 0.25) is 10.0 Å². The van der Waals surface area contributed by atoms with Crippen LogP contribution in [0, 0.1) is 5.82 Å². The van der Waals surface area contributed by atoms with Crippen molar-refractivity contribution >= 4 is 34.9 Å². The van der Waals surface area contributed by atoms with Crippen LogP contribution in [0.15, 0.2) is 54.6 Å². The number of ether oxygens (including phenoxy) is 2. The summed E-state index contributed by atoms with van der Waals surface area (Å²) in [6, 6.07) is 13.2.